The molecule has 2 aliphatic rings. The van der Waals surface area contributed by atoms with Gasteiger partial charge in [-0.2, -0.15) is 5.10 Å². The summed E-state index contributed by atoms with van der Waals surface area (Å²) < 4.78 is 45.1. The Balaban J connectivity index is 1.30. The zero-order valence-corrected chi connectivity index (χ0v) is 20.5. The number of esters is 1. The molecule has 1 aliphatic carbocycles. The minimum absolute atomic E-state index is 0.252. The maximum Gasteiger partial charge on any atom is 0.320 e. The van der Waals surface area contributed by atoms with Gasteiger partial charge in [-0.1, -0.05) is 11.6 Å². The number of aromatic nitrogens is 2. The average Bonchev–Trinajstić information content (AvgIpc) is 3.41. The van der Waals surface area contributed by atoms with Crippen molar-refractivity contribution >= 4 is 29.2 Å². The van der Waals surface area contributed by atoms with Crippen LogP contribution in [0.4, 0.5) is 14.5 Å². The van der Waals surface area contributed by atoms with Crippen molar-refractivity contribution in [3.8, 4) is 17.2 Å². The Hall–Kier alpha value is -3.70. The Morgan fingerprint density at radius 3 is 2.46 bits per heavy atom. The fourth-order valence-corrected chi connectivity index (χ4v) is 4.67. The lowest BCUT2D eigenvalue weighted by atomic mass is 9.77. The summed E-state index contributed by atoms with van der Waals surface area (Å²) in [5.41, 5.74) is 6.22. The molecule has 2 heterocycles. The summed E-state index contributed by atoms with van der Waals surface area (Å²) in [4.78, 5) is 26.3. The second kappa shape index (κ2) is 9.31. The third kappa shape index (κ3) is 4.84. The highest BCUT2D eigenvalue weighted by atomic mass is 35.5. The van der Waals surface area contributed by atoms with Gasteiger partial charge in [-0.3, -0.25) is 9.59 Å². The smallest absolute Gasteiger partial charge is 0.320 e. The van der Waals surface area contributed by atoms with Gasteiger partial charge < -0.3 is 24.8 Å². The predicted molar refractivity (Wildman–Crippen MR) is 130 cm³/mol. The van der Waals surface area contributed by atoms with Crippen molar-refractivity contribution < 1.29 is 32.6 Å². The number of carbonyl (C=O) groups is 2. The summed E-state index contributed by atoms with van der Waals surface area (Å²) in [6.07, 6.45) is 0.485. The van der Waals surface area contributed by atoms with Crippen LogP contribution in [-0.4, -0.2) is 53.4 Å². The topological polar surface area (TPSA) is 109 Å². The average molecular weight is 533 g/mol. The van der Waals surface area contributed by atoms with Gasteiger partial charge in [0, 0.05) is 28.5 Å². The summed E-state index contributed by atoms with van der Waals surface area (Å²) >= 11 is 5.95. The van der Waals surface area contributed by atoms with E-state index in [9.17, 15) is 18.4 Å². The van der Waals surface area contributed by atoms with Crippen molar-refractivity contribution in [1.82, 2.24) is 9.78 Å². The van der Waals surface area contributed by atoms with E-state index in [4.69, 9.17) is 31.5 Å². The van der Waals surface area contributed by atoms with E-state index in [1.807, 2.05) is 12.1 Å². The minimum atomic E-state index is -2.94. The zero-order chi connectivity index (χ0) is 26.4. The first-order valence-electron chi connectivity index (χ1n) is 11.4. The maximum absolute atomic E-state index is 13.6. The van der Waals surface area contributed by atoms with Gasteiger partial charge in [-0.25, -0.2) is 13.5 Å². The van der Waals surface area contributed by atoms with Crippen molar-refractivity contribution in [3.05, 3.63) is 64.9 Å². The van der Waals surface area contributed by atoms with Crippen molar-refractivity contribution in [2.45, 2.75) is 30.9 Å². The highest BCUT2D eigenvalue weighted by Crippen LogP contribution is 2.48. The zero-order valence-electron chi connectivity index (χ0n) is 19.7. The SMILES string of the molecule is COc1cc(N2Cc3cn(-c4ccc(Cl)cc4)nc3C2=O)ccc1OCC1(OC(=O)CN)CC(F)(F)C1. The first kappa shape index (κ1) is 25.0. The molecule has 2 N–H and O–H groups in total. The molecule has 3 aromatic rings. The number of halogens is 3. The number of alkyl halides is 2. The van der Waals surface area contributed by atoms with E-state index in [0.717, 1.165) is 11.3 Å². The maximum atomic E-state index is 13.6. The summed E-state index contributed by atoms with van der Waals surface area (Å²) in [6, 6.07) is 11.9. The summed E-state index contributed by atoms with van der Waals surface area (Å²) in [7, 11) is 1.42. The molecule has 0 spiro atoms. The van der Waals surface area contributed by atoms with Crippen LogP contribution in [0.1, 0.15) is 28.9 Å². The molecule has 0 atom stereocenters. The lowest BCUT2D eigenvalue weighted by molar-refractivity contribution is -0.233. The van der Waals surface area contributed by atoms with Gasteiger partial charge >= 0.3 is 5.97 Å². The predicted octanol–water partition coefficient (Wildman–Crippen LogP) is 3.74. The van der Waals surface area contributed by atoms with Gasteiger partial charge in [0.1, 0.15) is 6.61 Å². The molecule has 2 aromatic carbocycles. The molecule has 194 valence electrons. The fraction of sp³-hybridized carbons (Fsp3) is 0.320. The molecule has 37 heavy (non-hydrogen) atoms. The number of ether oxygens (including phenoxy) is 3. The Morgan fingerprint density at radius 2 is 1.84 bits per heavy atom. The lowest BCUT2D eigenvalue weighted by Gasteiger charge is -2.45. The molecule has 0 saturated heterocycles. The number of fused-ring (bicyclic) bond motifs is 1. The Bertz CT molecular complexity index is 1350. The number of rotatable bonds is 8. The molecule has 9 nitrogen and oxygen atoms in total. The Labute approximate surface area is 215 Å². The molecule has 1 saturated carbocycles. The van der Waals surface area contributed by atoms with Gasteiger partial charge in [-0.15, -0.1) is 0 Å². The van der Waals surface area contributed by atoms with E-state index in [-0.39, 0.29) is 24.0 Å². The van der Waals surface area contributed by atoms with Crippen LogP contribution in [-0.2, 0) is 16.1 Å². The molecule has 5 rings (SSSR count). The monoisotopic (exact) mass is 532 g/mol. The minimum Gasteiger partial charge on any atom is -0.493 e. The largest absolute Gasteiger partial charge is 0.493 e. The second-order valence-electron chi connectivity index (χ2n) is 9.01. The van der Waals surface area contributed by atoms with Gasteiger partial charge in [0.2, 0.25) is 0 Å². The molecule has 12 heteroatoms. The quantitative estimate of drug-likeness (QED) is 0.440. The van der Waals surface area contributed by atoms with Crippen molar-refractivity contribution in [2.24, 2.45) is 5.73 Å². The highest BCUT2D eigenvalue weighted by Gasteiger charge is 2.60. The molecule has 1 fully saturated rings. The van der Waals surface area contributed by atoms with E-state index in [1.165, 1.54) is 7.11 Å². The first-order chi connectivity index (χ1) is 17.6. The normalized spacial score (nSPS) is 17.2. The van der Waals surface area contributed by atoms with E-state index in [1.54, 1.807) is 46.1 Å². The molecule has 1 amide bonds. The number of nitrogens with two attached hydrogens (primary N) is 1. The number of benzene rings is 2. The van der Waals surface area contributed by atoms with Crippen LogP contribution in [0, 0.1) is 0 Å². The van der Waals surface area contributed by atoms with Gasteiger partial charge in [-0.05, 0) is 36.4 Å². The van der Waals surface area contributed by atoms with Gasteiger partial charge in [0.05, 0.1) is 38.7 Å². The highest BCUT2D eigenvalue weighted by molar-refractivity contribution is 6.30. The fourth-order valence-electron chi connectivity index (χ4n) is 4.54. The Morgan fingerprint density at radius 1 is 1.14 bits per heavy atom. The molecular weight excluding hydrogens is 510 g/mol. The summed E-state index contributed by atoms with van der Waals surface area (Å²) in [6.45, 7) is -0.413. The van der Waals surface area contributed by atoms with Crippen LogP contribution in [0.3, 0.4) is 0 Å². The summed E-state index contributed by atoms with van der Waals surface area (Å²) in [5.74, 6) is -3.47. The third-order valence-electron chi connectivity index (χ3n) is 6.27. The van der Waals surface area contributed by atoms with Crippen LogP contribution in [0.15, 0.2) is 48.7 Å². The Kier molecular flexibility index (Phi) is 6.28. The van der Waals surface area contributed by atoms with Crippen molar-refractivity contribution in [3.63, 3.8) is 0 Å². The van der Waals surface area contributed by atoms with E-state index in [0.29, 0.717) is 22.9 Å². The van der Waals surface area contributed by atoms with Gasteiger partial charge in [0.25, 0.3) is 11.8 Å². The van der Waals surface area contributed by atoms with E-state index < -0.39 is 36.9 Å². The number of methoxy groups -OCH3 is 1. The molecule has 0 unspecified atom stereocenters. The summed E-state index contributed by atoms with van der Waals surface area (Å²) in [5, 5.41) is 5.04. The number of nitrogens with zero attached hydrogens (tertiary/aromatic N) is 3. The van der Waals surface area contributed by atoms with Crippen LogP contribution in [0.5, 0.6) is 11.5 Å². The first-order valence-corrected chi connectivity index (χ1v) is 11.8. The molecule has 1 aromatic heterocycles. The van der Waals surface area contributed by atoms with Crippen molar-refractivity contribution in [2.75, 3.05) is 25.2 Å². The number of anilines is 1. The number of hydrogen-bond acceptors (Lipinski definition) is 7. The van der Waals surface area contributed by atoms with Crippen LogP contribution in [0.2, 0.25) is 5.02 Å². The lowest BCUT2D eigenvalue weighted by Crippen LogP contribution is -2.58. The van der Waals surface area contributed by atoms with Crippen molar-refractivity contribution in [1.29, 1.82) is 0 Å². The van der Waals surface area contributed by atoms with Crippen LogP contribution >= 0.6 is 11.6 Å². The van der Waals surface area contributed by atoms with E-state index >= 15 is 0 Å². The standard InChI is InChI=1S/C25H23ClF2N4O5/c1-35-20-8-18(6-7-19(20)36-14-24(37-21(33)9-29)12-25(27,28)13-24)31-10-15-11-32(30-22(15)23(31)34)17-4-2-16(26)3-5-17/h2-8,11H,9-10,12-14,29H2,1H3. The molecule has 0 bridgehead atoms. The molecule has 0 radical (unpaired) electrons. The number of carbonyl (C=O) groups excluding carboxylic acids is 2. The van der Waals surface area contributed by atoms with Crippen LogP contribution < -0.4 is 20.1 Å². The number of hydrogen-bond donors (Lipinski definition) is 1. The molecular formula is C25H23ClF2N4O5. The molecule has 1 aliphatic heterocycles. The van der Waals surface area contributed by atoms with Crippen LogP contribution in [0.25, 0.3) is 5.69 Å². The number of amides is 1. The third-order valence-corrected chi connectivity index (χ3v) is 6.52. The van der Waals surface area contributed by atoms with Gasteiger partial charge in [0.15, 0.2) is 22.8 Å². The van der Waals surface area contributed by atoms with E-state index in [2.05, 4.69) is 5.10 Å². The second-order valence-corrected chi connectivity index (χ2v) is 9.45.